The van der Waals surface area contributed by atoms with Gasteiger partial charge < -0.3 is 25.2 Å². The number of hydrogen-bond donors (Lipinski definition) is 3. The number of aliphatic carboxylic acids is 1. The highest BCUT2D eigenvalue weighted by Gasteiger charge is 2.16. The van der Waals surface area contributed by atoms with Gasteiger partial charge in [0.15, 0.2) is 11.5 Å². The summed E-state index contributed by atoms with van der Waals surface area (Å²) in [5, 5.41) is 13.6. The Hall–Kier alpha value is -2.77. The van der Waals surface area contributed by atoms with Crippen molar-refractivity contribution in [2.45, 2.75) is 19.3 Å². The standard InChI is InChI=1S/C15H18N2O6/c18-13(16-6-2-1-3-14(19)20)8-17-15(21)10-4-5-11-12(7-10)23-9-22-11/h4-5,7H,1-3,6,8-9H2,(H,16,18)(H,17,21)(H,19,20). The molecule has 1 aromatic rings. The van der Waals surface area contributed by atoms with Gasteiger partial charge in [-0.2, -0.15) is 0 Å². The molecule has 1 aliphatic heterocycles. The quantitative estimate of drug-likeness (QED) is 0.601. The number of benzene rings is 1. The maximum Gasteiger partial charge on any atom is 0.303 e. The van der Waals surface area contributed by atoms with Crippen LogP contribution < -0.4 is 20.1 Å². The lowest BCUT2D eigenvalue weighted by Gasteiger charge is -2.07. The van der Waals surface area contributed by atoms with Crippen LogP contribution >= 0.6 is 0 Å². The molecule has 1 aliphatic rings. The number of carboxylic acids is 1. The number of amides is 2. The van der Waals surface area contributed by atoms with E-state index < -0.39 is 5.97 Å². The Bertz CT molecular complexity index is 602. The smallest absolute Gasteiger partial charge is 0.303 e. The highest BCUT2D eigenvalue weighted by Crippen LogP contribution is 2.32. The Labute approximate surface area is 132 Å². The molecule has 124 valence electrons. The van der Waals surface area contributed by atoms with E-state index in [1.54, 1.807) is 18.2 Å². The molecule has 0 atom stereocenters. The molecule has 0 aromatic heterocycles. The summed E-state index contributed by atoms with van der Waals surface area (Å²) in [7, 11) is 0. The molecule has 0 radical (unpaired) electrons. The van der Waals surface area contributed by atoms with Crippen LogP contribution in [0.15, 0.2) is 18.2 Å². The first kappa shape index (κ1) is 16.6. The van der Waals surface area contributed by atoms with Gasteiger partial charge in [-0.25, -0.2) is 0 Å². The fourth-order valence-electron chi connectivity index (χ4n) is 1.99. The van der Waals surface area contributed by atoms with E-state index in [0.717, 1.165) is 0 Å². The molecular formula is C15H18N2O6. The summed E-state index contributed by atoms with van der Waals surface area (Å²) in [6.07, 6.45) is 1.16. The van der Waals surface area contributed by atoms with Crippen LogP contribution in [0.3, 0.4) is 0 Å². The zero-order valence-corrected chi connectivity index (χ0v) is 12.5. The van der Waals surface area contributed by atoms with Crippen molar-refractivity contribution in [1.29, 1.82) is 0 Å². The zero-order valence-electron chi connectivity index (χ0n) is 12.5. The summed E-state index contributed by atoms with van der Waals surface area (Å²) in [5.74, 6) is -0.479. The molecule has 23 heavy (non-hydrogen) atoms. The van der Waals surface area contributed by atoms with Gasteiger partial charge in [0, 0.05) is 18.5 Å². The second-order valence-electron chi connectivity index (χ2n) is 4.95. The number of rotatable bonds is 8. The van der Waals surface area contributed by atoms with Crippen LogP contribution in [0.4, 0.5) is 0 Å². The first-order chi connectivity index (χ1) is 11.1. The fraction of sp³-hybridized carbons (Fsp3) is 0.400. The minimum Gasteiger partial charge on any atom is -0.481 e. The molecule has 2 rings (SSSR count). The summed E-state index contributed by atoms with van der Waals surface area (Å²) in [6.45, 7) is 0.364. The van der Waals surface area contributed by atoms with Crippen molar-refractivity contribution in [3.05, 3.63) is 23.8 Å². The van der Waals surface area contributed by atoms with Crippen LogP contribution in [0.1, 0.15) is 29.6 Å². The van der Waals surface area contributed by atoms with Crippen molar-refractivity contribution < 1.29 is 29.0 Å². The van der Waals surface area contributed by atoms with Gasteiger partial charge in [0.1, 0.15) is 0 Å². The van der Waals surface area contributed by atoms with Crippen molar-refractivity contribution in [1.82, 2.24) is 10.6 Å². The molecule has 0 saturated heterocycles. The molecule has 1 aromatic carbocycles. The normalized spacial score (nSPS) is 11.8. The van der Waals surface area contributed by atoms with Crippen LogP contribution in [-0.4, -0.2) is 42.8 Å². The lowest BCUT2D eigenvalue weighted by molar-refractivity contribution is -0.137. The lowest BCUT2D eigenvalue weighted by Crippen LogP contribution is -2.37. The summed E-state index contributed by atoms with van der Waals surface area (Å²) in [6, 6.07) is 4.79. The van der Waals surface area contributed by atoms with Gasteiger partial charge in [0.25, 0.3) is 5.91 Å². The van der Waals surface area contributed by atoms with E-state index in [1.165, 1.54) is 0 Å². The molecule has 2 amide bonds. The monoisotopic (exact) mass is 322 g/mol. The number of carboxylic acid groups (broad SMARTS) is 1. The third kappa shape index (κ3) is 5.17. The average Bonchev–Trinajstić information content (AvgIpc) is 2.99. The molecule has 0 unspecified atom stereocenters. The van der Waals surface area contributed by atoms with E-state index in [4.69, 9.17) is 14.6 Å². The Morgan fingerprint density at radius 3 is 2.65 bits per heavy atom. The van der Waals surface area contributed by atoms with E-state index >= 15 is 0 Å². The van der Waals surface area contributed by atoms with Crippen LogP contribution in [0.2, 0.25) is 0 Å². The van der Waals surface area contributed by atoms with Crippen molar-refractivity contribution in [3.63, 3.8) is 0 Å². The second-order valence-corrected chi connectivity index (χ2v) is 4.95. The number of carbonyl (C=O) groups excluding carboxylic acids is 2. The predicted octanol–water partition coefficient (Wildman–Crippen LogP) is 0.516. The molecular weight excluding hydrogens is 304 g/mol. The molecule has 8 heteroatoms. The van der Waals surface area contributed by atoms with Gasteiger partial charge in [0.2, 0.25) is 12.7 Å². The molecule has 3 N–H and O–H groups in total. The maximum atomic E-state index is 11.9. The maximum absolute atomic E-state index is 11.9. The Balaban J connectivity index is 1.67. The Morgan fingerprint density at radius 2 is 1.87 bits per heavy atom. The number of hydrogen-bond acceptors (Lipinski definition) is 5. The summed E-state index contributed by atoms with van der Waals surface area (Å²) in [5.41, 5.74) is 0.378. The highest BCUT2D eigenvalue weighted by molar-refractivity contribution is 5.97. The van der Waals surface area contributed by atoms with Crippen molar-refractivity contribution in [2.24, 2.45) is 0 Å². The number of nitrogens with one attached hydrogen (secondary N) is 2. The predicted molar refractivity (Wildman–Crippen MR) is 79.4 cm³/mol. The van der Waals surface area contributed by atoms with E-state index in [2.05, 4.69) is 10.6 Å². The number of ether oxygens (including phenoxy) is 2. The molecule has 0 saturated carbocycles. The second kappa shape index (κ2) is 8.02. The fourth-order valence-corrected chi connectivity index (χ4v) is 1.99. The molecule has 0 fully saturated rings. The highest BCUT2D eigenvalue weighted by atomic mass is 16.7. The van der Waals surface area contributed by atoms with Crippen molar-refractivity contribution in [2.75, 3.05) is 19.9 Å². The van der Waals surface area contributed by atoms with E-state index in [-0.39, 0.29) is 31.6 Å². The van der Waals surface area contributed by atoms with E-state index in [1.807, 2.05) is 0 Å². The largest absolute Gasteiger partial charge is 0.481 e. The van der Waals surface area contributed by atoms with E-state index in [9.17, 15) is 14.4 Å². The first-order valence-corrected chi connectivity index (χ1v) is 7.22. The molecule has 1 heterocycles. The average molecular weight is 322 g/mol. The first-order valence-electron chi connectivity index (χ1n) is 7.22. The van der Waals surface area contributed by atoms with Gasteiger partial charge >= 0.3 is 5.97 Å². The van der Waals surface area contributed by atoms with Crippen LogP contribution in [0.25, 0.3) is 0 Å². The third-order valence-corrected chi connectivity index (χ3v) is 3.18. The minimum atomic E-state index is -0.854. The minimum absolute atomic E-state index is 0.0801. The molecule has 0 spiro atoms. The summed E-state index contributed by atoms with van der Waals surface area (Å²) < 4.78 is 10.3. The number of fused-ring (bicyclic) bond motifs is 1. The topological polar surface area (TPSA) is 114 Å². The van der Waals surface area contributed by atoms with Gasteiger partial charge in [-0.1, -0.05) is 0 Å². The molecule has 0 bridgehead atoms. The zero-order chi connectivity index (χ0) is 16.7. The number of carbonyl (C=O) groups is 3. The SMILES string of the molecule is O=C(O)CCCCNC(=O)CNC(=O)c1ccc2c(c1)OCO2. The molecule has 8 nitrogen and oxygen atoms in total. The Morgan fingerprint density at radius 1 is 1.09 bits per heavy atom. The summed E-state index contributed by atoms with van der Waals surface area (Å²) in [4.78, 5) is 33.9. The van der Waals surface area contributed by atoms with Gasteiger partial charge in [-0.15, -0.1) is 0 Å². The van der Waals surface area contributed by atoms with Gasteiger partial charge in [0.05, 0.1) is 6.54 Å². The van der Waals surface area contributed by atoms with Crippen molar-refractivity contribution in [3.8, 4) is 11.5 Å². The number of unbranched alkanes of at least 4 members (excludes halogenated alkanes) is 1. The van der Waals surface area contributed by atoms with E-state index in [0.29, 0.717) is 36.4 Å². The molecule has 0 aliphatic carbocycles. The van der Waals surface area contributed by atoms with Crippen LogP contribution in [0.5, 0.6) is 11.5 Å². The van der Waals surface area contributed by atoms with Gasteiger partial charge in [-0.05, 0) is 31.0 Å². The van der Waals surface area contributed by atoms with Crippen LogP contribution in [-0.2, 0) is 9.59 Å². The van der Waals surface area contributed by atoms with Crippen LogP contribution in [0, 0.1) is 0 Å². The lowest BCUT2D eigenvalue weighted by atomic mass is 10.2. The van der Waals surface area contributed by atoms with Gasteiger partial charge in [-0.3, -0.25) is 14.4 Å². The Kier molecular flexibility index (Phi) is 5.79. The van der Waals surface area contributed by atoms with Crippen molar-refractivity contribution >= 4 is 17.8 Å². The third-order valence-electron chi connectivity index (χ3n) is 3.18. The summed E-state index contributed by atoms with van der Waals surface area (Å²) >= 11 is 0.